The van der Waals surface area contributed by atoms with Crippen molar-refractivity contribution in [2.24, 2.45) is 22.0 Å². The molecule has 0 saturated heterocycles. The van der Waals surface area contributed by atoms with Gasteiger partial charge >= 0.3 is 0 Å². The predicted octanol–water partition coefficient (Wildman–Crippen LogP) is 6.50. The number of hydrogen-bond acceptors (Lipinski definition) is 5. The van der Waals surface area contributed by atoms with Crippen LogP contribution in [0.5, 0.6) is 0 Å². The molecule has 6 heteroatoms. The molecule has 3 heterocycles. The van der Waals surface area contributed by atoms with Crippen LogP contribution in [0.3, 0.4) is 0 Å². The van der Waals surface area contributed by atoms with Crippen molar-refractivity contribution < 1.29 is 0 Å². The average molecular weight is 481 g/mol. The third-order valence-electron chi connectivity index (χ3n) is 7.15. The van der Waals surface area contributed by atoms with E-state index in [1.54, 1.807) is 0 Å². The van der Waals surface area contributed by atoms with Crippen molar-refractivity contribution in [3.8, 4) is 11.4 Å². The fraction of sp³-hybridized carbons (Fsp3) is 0.0968. The first kappa shape index (κ1) is 21.4. The van der Waals surface area contributed by atoms with Gasteiger partial charge in [0.05, 0.1) is 28.1 Å². The van der Waals surface area contributed by atoms with Crippen LogP contribution in [0.1, 0.15) is 17.5 Å². The van der Waals surface area contributed by atoms with E-state index < -0.39 is 0 Å². The van der Waals surface area contributed by atoms with Crippen LogP contribution >= 0.6 is 0 Å². The Morgan fingerprint density at radius 3 is 2.41 bits per heavy atom. The van der Waals surface area contributed by atoms with Gasteiger partial charge < -0.3 is 9.47 Å². The molecular weight excluding hydrogens is 456 g/mol. The fourth-order valence-electron chi connectivity index (χ4n) is 5.13. The number of aromatic nitrogens is 2. The van der Waals surface area contributed by atoms with Gasteiger partial charge in [-0.15, -0.1) is 0 Å². The highest BCUT2D eigenvalue weighted by molar-refractivity contribution is 6.07. The van der Waals surface area contributed by atoms with Crippen molar-refractivity contribution in [2.75, 3.05) is 7.05 Å². The monoisotopic (exact) mass is 480 g/mol. The number of fused-ring (bicyclic) bond motifs is 6. The SMILES string of the molecule is CN1C2=CC=CC3=C(C2)N=C1c1ccccc1N=Cc1cccc2c1nc(n2C)-c1ccccc1N=C3. The summed E-state index contributed by atoms with van der Waals surface area (Å²) in [5.41, 5.74) is 9.78. The third-order valence-corrected chi connectivity index (χ3v) is 7.15. The second-order valence-electron chi connectivity index (χ2n) is 9.35. The lowest BCUT2D eigenvalue weighted by Crippen LogP contribution is -2.30. The van der Waals surface area contributed by atoms with Gasteiger partial charge in [-0.3, -0.25) is 9.98 Å². The summed E-state index contributed by atoms with van der Waals surface area (Å²) in [6.45, 7) is 0. The van der Waals surface area contributed by atoms with E-state index in [1.807, 2.05) is 48.8 Å². The first-order valence-corrected chi connectivity index (χ1v) is 12.3. The summed E-state index contributed by atoms with van der Waals surface area (Å²) < 4.78 is 2.13. The van der Waals surface area contributed by atoms with Gasteiger partial charge in [0.15, 0.2) is 0 Å². The molecule has 1 aliphatic carbocycles. The fourth-order valence-corrected chi connectivity index (χ4v) is 5.13. The first-order valence-electron chi connectivity index (χ1n) is 12.3. The molecule has 0 spiro atoms. The Morgan fingerprint density at radius 2 is 1.54 bits per heavy atom. The average Bonchev–Trinajstić information content (AvgIpc) is 3.16. The third kappa shape index (κ3) is 3.49. The first-order chi connectivity index (χ1) is 18.2. The van der Waals surface area contributed by atoms with Crippen LogP contribution in [0.4, 0.5) is 11.4 Å². The van der Waals surface area contributed by atoms with Gasteiger partial charge in [0, 0.05) is 60.9 Å². The summed E-state index contributed by atoms with van der Waals surface area (Å²) in [6, 6.07) is 22.5. The van der Waals surface area contributed by atoms with Crippen molar-refractivity contribution in [1.29, 1.82) is 0 Å². The molecule has 0 radical (unpaired) electrons. The predicted molar refractivity (Wildman–Crippen MR) is 151 cm³/mol. The highest BCUT2D eigenvalue weighted by atomic mass is 15.2. The van der Waals surface area contributed by atoms with Crippen molar-refractivity contribution in [3.05, 3.63) is 113 Å². The number of rotatable bonds is 0. The molecule has 0 saturated carbocycles. The van der Waals surface area contributed by atoms with Crippen LogP contribution in [0.15, 0.2) is 117 Å². The minimum absolute atomic E-state index is 0.742. The molecule has 6 nitrogen and oxygen atoms in total. The molecule has 2 aliphatic heterocycles. The maximum atomic E-state index is 5.15. The summed E-state index contributed by atoms with van der Waals surface area (Å²) in [7, 11) is 4.12. The minimum Gasteiger partial charge on any atom is -0.332 e. The summed E-state index contributed by atoms with van der Waals surface area (Å²) in [5.74, 6) is 1.74. The second-order valence-corrected chi connectivity index (χ2v) is 9.35. The molecule has 37 heavy (non-hydrogen) atoms. The Bertz CT molecular complexity index is 1780. The Hall–Kier alpha value is -4.84. The highest BCUT2D eigenvalue weighted by Crippen LogP contribution is 2.35. The number of allylic oxidation sites excluding steroid dienone is 4. The Kier molecular flexibility index (Phi) is 4.86. The van der Waals surface area contributed by atoms with Gasteiger partial charge in [-0.2, -0.15) is 0 Å². The van der Waals surface area contributed by atoms with E-state index in [9.17, 15) is 0 Å². The molecule has 0 N–H and O–H groups in total. The van der Waals surface area contributed by atoms with E-state index in [1.165, 1.54) is 5.70 Å². The largest absolute Gasteiger partial charge is 0.332 e. The van der Waals surface area contributed by atoms with Gasteiger partial charge in [0.1, 0.15) is 11.7 Å². The molecule has 0 unspecified atom stereocenters. The molecule has 0 atom stereocenters. The maximum absolute atomic E-state index is 5.15. The van der Waals surface area contributed by atoms with Crippen LogP contribution in [0.25, 0.3) is 22.4 Å². The van der Waals surface area contributed by atoms with Gasteiger partial charge in [0.25, 0.3) is 0 Å². The number of benzene rings is 3. The standard InChI is InChI=1S/C31H24N6/c1-36-22-11-7-9-20-18-32-26-15-6-4-13-24(26)31-35-29-21(10-8-16-28(29)37(31)2)19-33-25-14-5-3-12-23(25)30(36)34-27(20)17-22/h3-16,18-19H,17H2,1-2H3. The van der Waals surface area contributed by atoms with Crippen molar-refractivity contribution in [3.63, 3.8) is 0 Å². The van der Waals surface area contributed by atoms with E-state index in [0.717, 1.165) is 68.4 Å². The van der Waals surface area contributed by atoms with Crippen LogP contribution in [-0.2, 0) is 7.05 Å². The van der Waals surface area contributed by atoms with Gasteiger partial charge in [-0.1, -0.05) is 48.6 Å². The molecule has 3 aliphatic rings. The lowest BCUT2D eigenvalue weighted by atomic mass is 10.1. The van der Waals surface area contributed by atoms with Crippen LogP contribution in [-0.4, -0.2) is 39.8 Å². The zero-order chi connectivity index (χ0) is 24.9. The number of aryl methyl sites for hydroxylation is 1. The molecule has 7 rings (SSSR count). The van der Waals surface area contributed by atoms with Crippen molar-refractivity contribution >= 4 is 40.7 Å². The smallest absolute Gasteiger partial charge is 0.143 e. The second kappa shape index (κ2) is 8.38. The zero-order valence-corrected chi connectivity index (χ0v) is 20.6. The Morgan fingerprint density at radius 1 is 0.784 bits per heavy atom. The molecule has 5 bridgehead atoms. The van der Waals surface area contributed by atoms with Gasteiger partial charge in [-0.25, -0.2) is 9.98 Å². The number of hydrogen-bond donors (Lipinski definition) is 0. The topological polar surface area (TPSA) is 58.1 Å². The van der Waals surface area contributed by atoms with Crippen LogP contribution in [0.2, 0.25) is 0 Å². The molecule has 1 aromatic heterocycles. The Labute approximate surface area is 215 Å². The minimum atomic E-state index is 0.742. The lowest BCUT2D eigenvalue weighted by Gasteiger charge is -2.29. The van der Waals surface area contributed by atoms with Crippen molar-refractivity contribution in [2.45, 2.75) is 6.42 Å². The van der Waals surface area contributed by atoms with Crippen LogP contribution < -0.4 is 0 Å². The number of nitrogens with zero attached hydrogens (tertiary/aromatic N) is 6. The molecular formula is C31H24N6. The Balaban J connectivity index is 1.55. The number of aliphatic imine (C=N–C) groups is 3. The summed E-state index contributed by atoms with van der Waals surface area (Å²) in [6.07, 6.45) is 10.9. The van der Waals surface area contributed by atoms with Gasteiger partial charge in [0.2, 0.25) is 0 Å². The molecule has 3 aromatic carbocycles. The normalized spacial score (nSPS) is 16.1. The van der Waals surface area contributed by atoms with E-state index in [2.05, 4.69) is 72.1 Å². The van der Waals surface area contributed by atoms with E-state index in [4.69, 9.17) is 20.0 Å². The van der Waals surface area contributed by atoms with E-state index in [-0.39, 0.29) is 0 Å². The zero-order valence-electron chi connectivity index (χ0n) is 20.6. The molecule has 4 aromatic rings. The van der Waals surface area contributed by atoms with Crippen molar-refractivity contribution in [1.82, 2.24) is 14.5 Å². The lowest BCUT2D eigenvalue weighted by molar-refractivity contribution is 0.585. The number of amidine groups is 1. The van der Waals surface area contributed by atoms with E-state index >= 15 is 0 Å². The quantitative estimate of drug-likeness (QED) is 0.289. The number of imidazole rings is 1. The molecule has 0 amide bonds. The van der Waals surface area contributed by atoms with E-state index in [0.29, 0.717) is 0 Å². The van der Waals surface area contributed by atoms with Gasteiger partial charge in [-0.05, 0) is 36.4 Å². The number of para-hydroxylation sites is 3. The maximum Gasteiger partial charge on any atom is 0.143 e. The summed E-state index contributed by atoms with van der Waals surface area (Å²) in [5, 5.41) is 0. The molecule has 178 valence electrons. The highest BCUT2D eigenvalue weighted by Gasteiger charge is 2.25. The summed E-state index contributed by atoms with van der Waals surface area (Å²) >= 11 is 0. The molecule has 0 fully saturated rings. The van der Waals surface area contributed by atoms with Crippen LogP contribution in [0, 0.1) is 0 Å². The summed E-state index contributed by atoms with van der Waals surface area (Å²) in [4.78, 5) is 22.3.